The fourth-order valence-corrected chi connectivity index (χ4v) is 4.63. The molecular formula is C21H36F3N5O. The Hall–Kier alpha value is -1.35. The molecule has 0 bridgehead atoms. The van der Waals surface area contributed by atoms with Gasteiger partial charge in [0.25, 0.3) is 0 Å². The fourth-order valence-electron chi connectivity index (χ4n) is 4.63. The van der Waals surface area contributed by atoms with Crippen LogP contribution in [0.3, 0.4) is 0 Å². The highest BCUT2D eigenvalue weighted by molar-refractivity contribution is 5.98. The monoisotopic (exact) mass is 431 g/mol. The summed E-state index contributed by atoms with van der Waals surface area (Å²) >= 11 is 0. The molecule has 3 rings (SSSR count). The lowest BCUT2D eigenvalue weighted by molar-refractivity contribution is -0.124. The Kier molecular flexibility index (Phi) is 8.39. The van der Waals surface area contributed by atoms with Gasteiger partial charge >= 0.3 is 0 Å². The summed E-state index contributed by atoms with van der Waals surface area (Å²) in [5.74, 6) is 0.326. The van der Waals surface area contributed by atoms with Crippen LogP contribution in [0.4, 0.5) is 13.2 Å². The normalized spacial score (nSPS) is 37.9. The van der Waals surface area contributed by atoms with Crippen molar-refractivity contribution < 1.29 is 18.0 Å². The SMILES string of the molecule is CC(C)CN=C(NC(=O)C1CCC(F)CC1)NC1CC(C2CC(F)CC(F)C2)NN1. The maximum atomic E-state index is 13.8. The topological polar surface area (TPSA) is 77.5 Å². The lowest BCUT2D eigenvalue weighted by atomic mass is 9.81. The number of hydrogen-bond acceptors (Lipinski definition) is 4. The molecule has 4 atom stereocenters. The van der Waals surface area contributed by atoms with Crippen molar-refractivity contribution in [3.8, 4) is 0 Å². The molecule has 30 heavy (non-hydrogen) atoms. The molecule has 3 aliphatic rings. The number of rotatable bonds is 5. The predicted molar refractivity (Wildman–Crippen MR) is 111 cm³/mol. The Morgan fingerprint density at radius 3 is 2.27 bits per heavy atom. The summed E-state index contributed by atoms with van der Waals surface area (Å²) in [5, 5.41) is 6.11. The Morgan fingerprint density at radius 1 is 0.967 bits per heavy atom. The zero-order valence-electron chi connectivity index (χ0n) is 18.0. The molecule has 4 unspecified atom stereocenters. The van der Waals surface area contributed by atoms with Crippen LogP contribution < -0.4 is 21.5 Å². The number of halogens is 3. The molecule has 2 saturated carbocycles. The number of hydrazine groups is 1. The fraction of sp³-hybridized carbons (Fsp3) is 0.905. The molecule has 9 heteroatoms. The Labute approximate surface area is 177 Å². The number of carbonyl (C=O) groups excluding carboxylic acids is 1. The molecule has 172 valence electrons. The van der Waals surface area contributed by atoms with Crippen molar-refractivity contribution in [2.45, 2.75) is 95.9 Å². The zero-order chi connectivity index (χ0) is 21.7. The maximum absolute atomic E-state index is 13.8. The van der Waals surface area contributed by atoms with Gasteiger partial charge < -0.3 is 5.32 Å². The van der Waals surface area contributed by atoms with Crippen LogP contribution in [-0.2, 0) is 4.79 Å². The van der Waals surface area contributed by atoms with Crippen molar-refractivity contribution >= 4 is 11.9 Å². The second-order valence-corrected chi connectivity index (χ2v) is 9.51. The van der Waals surface area contributed by atoms with Crippen LogP contribution in [0.1, 0.15) is 65.2 Å². The van der Waals surface area contributed by atoms with Crippen LogP contribution in [0.15, 0.2) is 4.99 Å². The Morgan fingerprint density at radius 2 is 1.63 bits per heavy atom. The van der Waals surface area contributed by atoms with Gasteiger partial charge in [0.2, 0.25) is 5.91 Å². The molecule has 0 spiro atoms. The predicted octanol–water partition coefficient (Wildman–Crippen LogP) is 2.90. The van der Waals surface area contributed by atoms with E-state index in [1.807, 2.05) is 13.8 Å². The van der Waals surface area contributed by atoms with E-state index in [4.69, 9.17) is 0 Å². The first-order chi connectivity index (χ1) is 14.3. The molecule has 0 radical (unpaired) electrons. The second-order valence-electron chi connectivity index (χ2n) is 9.51. The highest BCUT2D eigenvalue weighted by Gasteiger charge is 2.37. The highest BCUT2D eigenvalue weighted by atomic mass is 19.1. The minimum Gasteiger partial charge on any atom is -0.339 e. The number of nitrogens with zero attached hydrogens (tertiary/aromatic N) is 1. The zero-order valence-corrected chi connectivity index (χ0v) is 18.0. The molecule has 1 amide bonds. The molecular weight excluding hydrogens is 395 g/mol. The average Bonchev–Trinajstić information content (AvgIpc) is 3.14. The van der Waals surface area contributed by atoms with E-state index in [-0.39, 0.29) is 36.4 Å². The molecule has 1 aliphatic heterocycles. The third-order valence-corrected chi connectivity index (χ3v) is 6.32. The maximum Gasteiger partial charge on any atom is 0.229 e. The van der Waals surface area contributed by atoms with Gasteiger partial charge in [0.05, 0.1) is 6.17 Å². The van der Waals surface area contributed by atoms with Crippen molar-refractivity contribution in [3.05, 3.63) is 0 Å². The molecule has 3 fully saturated rings. The van der Waals surface area contributed by atoms with E-state index >= 15 is 0 Å². The van der Waals surface area contributed by atoms with E-state index < -0.39 is 18.5 Å². The highest BCUT2D eigenvalue weighted by Crippen LogP contribution is 2.33. The minimum absolute atomic E-state index is 0.000681. The van der Waals surface area contributed by atoms with E-state index in [9.17, 15) is 18.0 Å². The largest absolute Gasteiger partial charge is 0.339 e. The van der Waals surface area contributed by atoms with Gasteiger partial charge in [-0.25, -0.2) is 18.6 Å². The Bertz CT molecular complexity index is 587. The molecule has 1 heterocycles. The summed E-state index contributed by atoms with van der Waals surface area (Å²) in [6.45, 7) is 4.64. The quantitative estimate of drug-likeness (QED) is 0.399. The van der Waals surface area contributed by atoms with Crippen molar-refractivity contribution in [3.63, 3.8) is 0 Å². The van der Waals surface area contributed by atoms with E-state index in [2.05, 4.69) is 26.5 Å². The number of hydrogen-bond donors (Lipinski definition) is 4. The van der Waals surface area contributed by atoms with E-state index in [1.165, 1.54) is 0 Å². The van der Waals surface area contributed by atoms with Crippen LogP contribution in [0, 0.1) is 17.8 Å². The third kappa shape index (κ3) is 6.83. The van der Waals surface area contributed by atoms with Gasteiger partial charge in [0.1, 0.15) is 18.5 Å². The molecule has 0 aromatic carbocycles. The van der Waals surface area contributed by atoms with Crippen molar-refractivity contribution in [2.75, 3.05) is 6.54 Å². The van der Waals surface area contributed by atoms with Crippen molar-refractivity contribution in [2.24, 2.45) is 22.7 Å². The second kappa shape index (κ2) is 10.8. The van der Waals surface area contributed by atoms with Crippen LogP contribution in [0.25, 0.3) is 0 Å². The Balaban J connectivity index is 1.54. The lowest BCUT2D eigenvalue weighted by Gasteiger charge is -2.31. The number of alkyl halides is 3. The first-order valence-corrected chi connectivity index (χ1v) is 11.3. The third-order valence-electron chi connectivity index (χ3n) is 6.32. The van der Waals surface area contributed by atoms with Crippen LogP contribution >= 0.6 is 0 Å². The number of amides is 1. The minimum atomic E-state index is -1.09. The van der Waals surface area contributed by atoms with Crippen LogP contribution in [0.2, 0.25) is 0 Å². The lowest BCUT2D eigenvalue weighted by Crippen LogP contribution is -2.52. The molecule has 2 aliphatic carbocycles. The van der Waals surface area contributed by atoms with Crippen molar-refractivity contribution in [1.29, 1.82) is 0 Å². The smallest absolute Gasteiger partial charge is 0.229 e. The summed E-state index contributed by atoms with van der Waals surface area (Å²) in [6, 6.07) is -0.0406. The van der Waals surface area contributed by atoms with Gasteiger partial charge in [-0.1, -0.05) is 13.8 Å². The van der Waals surface area contributed by atoms with Gasteiger partial charge in [-0.15, -0.1) is 0 Å². The van der Waals surface area contributed by atoms with Crippen LogP contribution in [0.5, 0.6) is 0 Å². The average molecular weight is 432 g/mol. The van der Waals surface area contributed by atoms with E-state index in [0.29, 0.717) is 63.4 Å². The number of nitrogens with one attached hydrogen (secondary N) is 4. The van der Waals surface area contributed by atoms with Gasteiger partial charge in [-0.2, -0.15) is 0 Å². The standard InChI is InChI=1S/C21H36F3N5O/c1-12(2)11-25-21(27-20(30)13-3-5-15(22)6-4-13)26-19-10-18(28-29-19)14-7-16(23)9-17(24)8-14/h12-19,28-29H,3-11H2,1-2H3,(H2,25,26,27,30). The summed E-state index contributed by atoms with van der Waals surface area (Å²) in [5.41, 5.74) is 6.28. The van der Waals surface area contributed by atoms with Gasteiger partial charge in [0.15, 0.2) is 5.96 Å². The van der Waals surface area contributed by atoms with Gasteiger partial charge in [-0.05, 0) is 56.8 Å². The van der Waals surface area contributed by atoms with E-state index in [0.717, 1.165) is 0 Å². The number of carbonyl (C=O) groups is 1. The van der Waals surface area contributed by atoms with Crippen LogP contribution in [-0.4, -0.2) is 49.1 Å². The van der Waals surface area contributed by atoms with Gasteiger partial charge in [0, 0.05) is 24.9 Å². The molecule has 6 nitrogen and oxygen atoms in total. The summed E-state index contributed by atoms with van der Waals surface area (Å²) in [6.07, 6.45) is 0.124. The molecule has 0 aromatic heterocycles. The first kappa shape index (κ1) is 23.3. The van der Waals surface area contributed by atoms with Crippen molar-refractivity contribution in [1.82, 2.24) is 21.5 Å². The summed E-state index contributed by atoms with van der Waals surface area (Å²) in [7, 11) is 0. The molecule has 1 saturated heterocycles. The van der Waals surface area contributed by atoms with Gasteiger partial charge in [-0.3, -0.25) is 20.5 Å². The molecule has 0 aromatic rings. The first-order valence-electron chi connectivity index (χ1n) is 11.3. The number of guanidine groups is 1. The summed E-state index contributed by atoms with van der Waals surface area (Å²) in [4.78, 5) is 17.2. The molecule has 4 N–H and O–H groups in total. The number of aliphatic imine (C=N–C) groups is 1. The van der Waals surface area contributed by atoms with E-state index in [1.54, 1.807) is 0 Å². The summed E-state index contributed by atoms with van der Waals surface area (Å²) < 4.78 is 40.9.